The van der Waals surface area contributed by atoms with E-state index in [0.29, 0.717) is 17.9 Å². The fourth-order valence-corrected chi connectivity index (χ4v) is 5.79. The summed E-state index contributed by atoms with van der Waals surface area (Å²) in [5, 5.41) is 2.50. The Labute approximate surface area is 266 Å². The number of carbonyl (C=O) groups excluding carboxylic acids is 1. The van der Waals surface area contributed by atoms with Gasteiger partial charge in [0.05, 0.1) is 0 Å². The van der Waals surface area contributed by atoms with E-state index in [1.165, 1.54) is 34.7 Å². The number of rotatable bonds is 9. The molecule has 0 fully saturated rings. The summed E-state index contributed by atoms with van der Waals surface area (Å²) in [6.45, 7) is 7.16. The van der Waals surface area contributed by atoms with E-state index in [4.69, 9.17) is 9.47 Å². The average Bonchev–Trinajstić information content (AvgIpc) is 3.05. The lowest BCUT2D eigenvalue weighted by Gasteiger charge is -2.33. The van der Waals surface area contributed by atoms with Crippen LogP contribution >= 0.6 is 0 Å². The number of unbranched alkanes of at least 4 members (excludes halogenated alkanes) is 1. The number of hydrogen-bond acceptors (Lipinski definition) is 4. The fourth-order valence-electron chi connectivity index (χ4n) is 5.79. The predicted molar refractivity (Wildman–Crippen MR) is 183 cm³/mol. The Morgan fingerprint density at radius 2 is 1.42 bits per heavy atom. The van der Waals surface area contributed by atoms with Crippen LogP contribution in [0.4, 0.5) is 5.69 Å². The summed E-state index contributed by atoms with van der Waals surface area (Å²) in [5.41, 5.74) is 7.22. The third-order valence-electron chi connectivity index (χ3n) is 8.22. The van der Waals surface area contributed by atoms with Crippen molar-refractivity contribution in [2.24, 2.45) is 0 Å². The van der Waals surface area contributed by atoms with Gasteiger partial charge in [-0.3, -0.25) is 0 Å². The lowest BCUT2D eigenvalue weighted by molar-refractivity contribution is -0.127. The molecule has 226 valence electrons. The summed E-state index contributed by atoms with van der Waals surface area (Å²) in [7, 11) is 0. The van der Waals surface area contributed by atoms with Gasteiger partial charge in [-0.25, -0.2) is 4.79 Å². The standard InChI is InChI=1S/C41H39NO3/c1-4-5-9-30-14-16-31(17-15-30)18-19-32-20-22-33(23-21-32)29-42(27-26-35-12-8-11-34-10-6-7-13-37(34)35)36-24-25-39-38(28-36)40(43)45-41(2,3)44-39/h6-8,10-17,20-25,28H,4-5,9,26-27,29H2,1-3H3. The van der Waals surface area contributed by atoms with Gasteiger partial charge in [-0.15, -0.1) is 0 Å². The maximum Gasteiger partial charge on any atom is 0.345 e. The molecule has 1 aliphatic heterocycles. The Kier molecular flexibility index (Phi) is 8.89. The van der Waals surface area contributed by atoms with Crippen molar-refractivity contribution in [3.8, 4) is 17.6 Å². The Balaban J connectivity index is 1.23. The normalized spacial score (nSPS) is 13.3. The van der Waals surface area contributed by atoms with Crippen LogP contribution in [0.1, 0.15) is 71.8 Å². The monoisotopic (exact) mass is 593 g/mol. The molecule has 0 saturated carbocycles. The Hall–Kier alpha value is -5.01. The number of ether oxygens (including phenoxy) is 2. The number of esters is 1. The smallest absolute Gasteiger partial charge is 0.345 e. The van der Waals surface area contributed by atoms with Crippen LogP contribution in [0.25, 0.3) is 10.8 Å². The van der Waals surface area contributed by atoms with Crippen molar-refractivity contribution in [2.75, 3.05) is 11.4 Å². The second-order valence-electron chi connectivity index (χ2n) is 12.1. The highest BCUT2D eigenvalue weighted by atomic mass is 16.7. The molecule has 5 aromatic rings. The van der Waals surface area contributed by atoms with E-state index in [9.17, 15) is 4.79 Å². The molecule has 0 spiro atoms. The van der Waals surface area contributed by atoms with E-state index in [2.05, 4.69) is 115 Å². The Bertz CT molecular complexity index is 1850. The van der Waals surface area contributed by atoms with E-state index < -0.39 is 5.79 Å². The van der Waals surface area contributed by atoms with Gasteiger partial charge in [0.15, 0.2) is 0 Å². The van der Waals surface area contributed by atoms with Crippen LogP contribution in [0, 0.1) is 11.8 Å². The molecule has 4 nitrogen and oxygen atoms in total. The molecule has 0 aromatic heterocycles. The zero-order valence-electron chi connectivity index (χ0n) is 26.3. The first-order valence-electron chi connectivity index (χ1n) is 15.8. The van der Waals surface area contributed by atoms with Gasteiger partial charge in [0.25, 0.3) is 0 Å². The largest absolute Gasteiger partial charge is 0.452 e. The first kappa shape index (κ1) is 30.0. The molecule has 0 N–H and O–H groups in total. The van der Waals surface area contributed by atoms with Crippen molar-refractivity contribution in [3.63, 3.8) is 0 Å². The van der Waals surface area contributed by atoms with Crippen LogP contribution < -0.4 is 9.64 Å². The number of benzene rings is 5. The molecule has 1 aliphatic rings. The molecule has 0 aliphatic carbocycles. The molecule has 1 heterocycles. The van der Waals surface area contributed by atoms with Crippen molar-refractivity contribution in [3.05, 3.63) is 143 Å². The predicted octanol–water partition coefficient (Wildman–Crippen LogP) is 9.12. The molecule has 0 atom stereocenters. The average molecular weight is 594 g/mol. The van der Waals surface area contributed by atoms with Crippen molar-refractivity contribution >= 4 is 22.4 Å². The Morgan fingerprint density at radius 3 is 2.16 bits per heavy atom. The topological polar surface area (TPSA) is 38.8 Å². The summed E-state index contributed by atoms with van der Waals surface area (Å²) in [5.74, 6) is 5.82. The molecule has 45 heavy (non-hydrogen) atoms. The van der Waals surface area contributed by atoms with Gasteiger partial charge in [-0.2, -0.15) is 0 Å². The second kappa shape index (κ2) is 13.3. The molecule has 6 rings (SSSR count). The third-order valence-corrected chi connectivity index (χ3v) is 8.22. The van der Waals surface area contributed by atoms with Crippen LogP contribution in [-0.2, 0) is 24.1 Å². The van der Waals surface area contributed by atoms with Crippen LogP contribution in [-0.4, -0.2) is 18.3 Å². The van der Waals surface area contributed by atoms with Crippen LogP contribution in [0.15, 0.2) is 109 Å². The highest BCUT2D eigenvalue weighted by molar-refractivity contribution is 5.95. The number of anilines is 1. The van der Waals surface area contributed by atoms with E-state index in [-0.39, 0.29) is 5.97 Å². The zero-order valence-corrected chi connectivity index (χ0v) is 26.3. The van der Waals surface area contributed by atoms with E-state index in [1.807, 2.05) is 18.2 Å². The molecule has 4 heteroatoms. The van der Waals surface area contributed by atoms with Crippen molar-refractivity contribution in [1.29, 1.82) is 0 Å². The summed E-state index contributed by atoms with van der Waals surface area (Å²) in [6, 6.07) is 37.8. The second-order valence-corrected chi connectivity index (χ2v) is 12.1. The molecule has 0 saturated heterocycles. The molecule has 0 amide bonds. The molecule has 5 aromatic carbocycles. The summed E-state index contributed by atoms with van der Waals surface area (Å²) < 4.78 is 11.5. The zero-order chi connectivity index (χ0) is 31.2. The Morgan fingerprint density at radius 1 is 0.733 bits per heavy atom. The summed E-state index contributed by atoms with van der Waals surface area (Å²) in [6.07, 6.45) is 4.39. The van der Waals surface area contributed by atoms with Gasteiger partial charge in [0, 0.05) is 43.8 Å². The fraction of sp³-hybridized carbons (Fsp3) is 0.244. The molecule has 0 radical (unpaired) electrons. The first-order chi connectivity index (χ1) is 21.9. The number of carbonyl (C=O) groups is 1. The molecular formula is C41H39NO3. The lowest BCUT2D eigenvalue weighted by atomic mass is 10.0. The third kappa shape index (κ3) is 7.39. The van der Waals surface area contributed by atoms with Gasteiger partial charge in [-0.1, -0.05) is 91.9 Å². The lowest BCUT2D eigenvalue weighted by Crippen LogP contribution is -2.39. The summed E-state index contributed by atoms with van der Waals surface area (Å²) >= 11 is 0. The van der Waals surface area contributed by atoms with Crippen molar-refractivity contribution < 1.29 is 14.3 Å². The van der Waals surface area contributed by atoms with Crippen LogP contribution in [0.2, 0.25) is 0 Å². The highest BCUT2D eigenvalue weighted by Gasteiger charge is 2.34. The number of fused-ring (bicyclic) bond motifs is 2. The van der Waals surface area contributed by atoms with Gasteiger partial charge in [0.2, 0.25) is 5.79 Å². The van der Waals surface area contributed by atoms with Gasteiger partial charge < -0.3 is 14.4 Å². The SMILES string of the molecule is CCCCc1ccc(C#Cc2ccc(CN(CCc3cccc4ccccc34)c3ccc4c(c3)C(=O)OC(C)(C)O4)cc2)cc1. The van der Waals surface area contributed by atoms with Crippen LogP contribution in [0.3, 0.4) is 0 Å². The number of aryl methyl sites for hydroxylation is 1. The van der Waals surface area contributed by atoms with Gasteiger partial charge >= 0.3 is 5.97 Å². The number of nitrogens with zero attached hydrogens (tertiary/aromatic N) is 1. The first-order valence-corrected chi connectivity index (χ1v) is 15.8. The minimum Gasteiger partial charge on any atom is -0.452 e. The van der Waals surface area contributed by atoms with Crippen molar-refractivity contribution in [1.82, 2.24) is 0 Å². The maximum atomic E-state index is 12.9. The highest BCUT2D eigenvalue weighted by Crippen LogP contribution is 2.34. The number of hydrogen-bond donors (Lipinski definition) is 0. The maximum absolute atomic E-state index is 12.9. The molecular weight excluding hydrogens is 554 g/mol. The van der Waals surface area contributed by atoms with Crippen molar-refractivity contribution in [2.45, 2.75) is 58.8 Å². The molecule has 0 unspecified atom stereocenters. The van der Waals surface area contributed by atoms with E-state index >= 15 is 0 Å². The minimum atomic E-state index is -0.984. The quantitative estimate of drug-likeness (QED) is 0.126. The van der Waals surface area contributed by atoms with E-state index in [1.54, 1.807) is 13.8 Å². The molecule has 0 bridgehead atoms. The number of cyclic esters (lactones) is 1. The van der Waals surface area contributed by atoms with E-state index in [0.717, 1.165) is 41.8 Å². The minimum absolute atomic E-state index is 0.365. The van der Waals surface area contributed by atoms with Crippen LogP contribution in [0.5, 0.6) is 5.75 Å². The van der Waals surface area contributed by atoms with Gasteiger partial charge in [0.1, 0.15) is 11.3 Å². The summed E-state index contributed by atoms with van der Waals surface area (Å²) in [4.78, 5) is 15.2. The van der Waals surface area contributed by atoms with Gasteiger partial charge in [-0.05, 0) is 89.2 Å².